The molecule has 1 atom stereocenters. The molecule has 0 fully saturated rings. The lowest BCUT2D eigenvalue weighted by atomic mass is 10.2. The van der Waals surface area contributed by atoms with E-state index in [1.54, 1.807) is 0 Å². The molecule has 0 bridgehead atoms. The van der Waals surface area contributed by atoms with Crippen molar-refractivity contribution in [3.05, 3.63) is 35.9 Å². The van der Waals surface area contributed by atoms with Gasteiger partial charge in [0.2, 0.25) is 5.90 Å². The van der Waals surface area contributed by atoms with E-state index in [4.69, 9.17) is 4.74 Å². The van der Waals surface area contributed by atoms with Crippen LogP contribution in [0.15, 0.2) is 35.3 Å². The maximum absolute atomic E-state index is 5.64. The van der Waals surface area contributed by atoms with Crippen LogP contribution in [0.1, 0.15) is 5.56 Å². The van der Waals surface area contributed by atoms with E-state index in [9.17, 15) is 0 Å². The maximum atomic E-state index is 5.64. The molecule has 0 unspecified atom stereocenters. The van der Waals surface area contributed by atoms with Gasteiger partial charge in [0.05, 0.1) is 6.54 Å². The number of ether oxygens (including phenoxy) is 1. The lowest BCUT2D eigenvalue weighted by molar-refractivity contribution is 0.254. The van der Waals surface area contributed by atoms with Crippen molar-refractivity contribution in [1.82, 2.24) is 0 Å². The van der Waals surface area contributed by atoms with Gasteiger partial charge in [-0.05, 0) is 12.1 Å². The van der Waals surface area contributed by atoms with Crippen LogP contribution in [0.2, 0.25) is 0 Å². The van der Waals surface area contributed by atoms with Gasteiger partial charge in [-0.3, -0.25) is 0 Å². The monoisotopic (exact) mass is 287 g/mol. The van der Waals surface area contributed by atoms with Crippen LogP contribution in [0.4, 0.5) is 0 Å². The third kappa shape index (κ3) is 2.02. The van der Waals surface area contributed by atoms with Crippen LogP contribution in [0.25, 0.3) is 0 Å². The van der Waals surface area contributed by atoms with Crippen LogP contribution in [-0.4, -0.2) is 23.0 Å². The van der Waals surface area contributed by atoms with E-state index >= 15 is 0 Å². The smallest absolute Gasteiger partial charge is 0.216 e. The van der Waals surface area contributed by atoms with Crippen molar-refractivity contribution < 1.29 is 4.74 Å². The molecule has 0 aliphatic carbocycles. The molecule has 1 aromatic rings. The fourth-order valence-electron chi connectivity index (χ4n) is 1.24. The van der Waals surface area contributed by atoms with Gasteiger partial charge < -0.3 is 4.74 Å². The third-order valence-electron chi connectivity index (χ3n) is 1.91. The van der Waals surface area contributed by atoms with Gasteiger partial charge in [0.25, 0.3) is 0 Å². The van der Waals surface area contributed by atoms with Crippen molar-refractivity contribution in [2.75, 3.05) is 11.0 Å². The molecular weight excluding hydrogens is 277 g/mol. The van der Waals surface area contributed by atoms with Crippen molar-refractivity contribution in [2.45, 2.75) is 6.10 Å². The molecule has 13 heavy (non-hydrogen) atoms. The number of nitrogens with zero attached hydrogens (tertiary/aromatic N) is 1. The largest absolute Gasteiger partial charge is 0.471 e. The van der Waals surface area contributed by atoms with Crippen LogP contribution in [-0.2, 0) is 4.74 Å². The molecule has 0 spiro atoms. The second-order valence-electron chi connectivity index (χ2n) is 2.91. The Morgan fingerprint density at radius 2 is 2.15 bits per heavy atom. The Morgan fingerprint density at radius 1 is 1.38 bits per heavy atom. The van der Waals surface area contributed by atoms with Crippen LogP contribution in [0, 0.1) is 0 Å². The van der Waals surface area contributed by atoms with E-state index in [-0.39, 0.29) is 6.10 Å². The molecule has 2 nitrogen and oxygen atoms in total. The first kappa shape index (κ1) is 8.99. The Hall–Kier alpha value is -0.580. The van der Waals surface area contributed by atoms with Crippen molar-refractivity contribution in [2.24, 2.45) is 4.99 Å². The first-order chi connectivity index (χ1) is 6.40. The molecule has 0 saturated heterocycles. The van der Waals surface area contributed by atoms with Gasteiger partial charge in [-0.15, -0.1) is 0 Å². The van der Waals surface area contributed by atoms with Crippen LogP contribution in [0.5, 0.6) is 0 Å². The van der Waals surface area contributed by atoms with E-state index in [2.05, 4.69) is 27.6 Å². The number of aliphatic imine (C=N–C) groups is 1. The normalized spacial score (nSPS) is 21.0. The predicted octanol–water partition coefficient (Wildman–Crippen LogP) is 2.27. The highest BCUT2D eigenvalue weighted by atomic mass is 127. The average molecular weight is 287 g/mol. The Bertz CT molecular complexity index is 310. The highest BCUT2D eigenvalue weighted by Gasteiger charge is 2.18. The van der Waals surface area contributed by atoms with Crippen molar-refractivity contribution in [1.29, 1.82) is 0 Å². The summed E-state index contributed by atoms with van der Waals surface area (Å²) in [5.74, 6) is 0.794. The quantitative estimate of drug-likeness (QED) is 0.604. The van der Waals surface area contributed by atoms with Gasteiger partial charge in [-0.1, -0.05) is 40.8 Å². The lowest BCUT2D eigenvalue weighted by Gasteiger charge is -2.06. The molecule has 0 aromatic heterocycles. The third-order valence-corrected chi connectivity index (χ3v) is 2.89. The minimum Gasteiger partial charge on any atom is -0.471 e. The highest BCUT2D eigenvalue weighted by molar-refractivity contribution is 14.1. The molecule has 1 aliphatic rings. The van der Waals surface area contributed by atoms with Crippen LogP contribution < -0.4 is 0 Å². The fourth-order valence-corrected chi connectivity index (χ4v) is 1.70. The van der Waals surface area contributed by atoms with Crippen molar-refractivity contribution >= 4 is 28.5 Å². The second kappa shape index (κ2) is 4.09. The summed E-state index contributed by atoms with van der Waals surface area (Å²) in [6.07, 6.45) is 0.274. The molecule has 0 radical (unpaired) electrons. The predicted molar refractivity (Wildman–Crippen MR) is 61.6 cm³/mol. The van der Waals surface area contributed by atoms with E-state index in [1.807, 2.05) is 30.3 Å². The molecule has 68 valence electrons. The molecule has 0 amide bonds. The minimum atomic E-state index is 0.274. The zero-order chi connectivity index (χ0) is 9.10. The molecule has 3 heteroatoms. The Kier molecular flexibility index (Phi) is 2.83. The van der Waals surface area contributed by atoms with Crippen molar-refractivity contribution in [3.8, 4) is 0 Å². The highest BCUT2D eigenvalue weighted by Crippen LogP contribution is 2.13. The van der Waals surface area contributed by atoms with Gasteiger partial charge in [-0.25, -0.2) is 4.99 Å². The second-order valence-corrected chi connectivity index (χ2v) is 3.79. The number of alkyl halides is 1. The summed E-state index contributed by atoms with van der Waals surface area (Å²) < 4.78 is 6.64. The number of benzene rings is 1. The zero-order valence-electron chi connectivity index (χ0n) is 7.11. The first-order valence-electron chi connectivity index (χ1n) is 4.22. The summed E-state index contributed by atoms with van der Waals surface area (Å²) >= 11 is 2.32. The Labute approximate surface area is 91.2 Å². The molecule has 1 heterocycles. The minimum absolute atomic E-state index is 0.274. The van der Waals surface area contributed by atoms with Crippen LogP contribution in [0.3, 0.4) is 0 Å². The zero-order valence-corrected chi connectivity index (χ0v) is 9.27. The van der Waals surface area contributed by atoms with E-state index in [0.29, 0.717) is 0 Å². The molecular formula is C10H10INO. The van der Waals surface area contributed by atoms with Gasteiger partial charge in [0.15, 0.2) is 0 Å². The van der Waals surface area contributed by atoms with Gasteiger partial charge in [0, 0.05) is 9.99 Å². The van der Waals surface area contributed by atoms with Crippen molar-refractivity contribution in [3.63, 3.8) is 0 Å². The molecule has 0 saturated carbocycles. The topological polar surface area (TPSA) is 21.6 Å². The summed E-state index contributed by atoms with van der Waals surface area (Å²) in [6.45, 7) is 0.799. The number of hydrogen-bond acceptors (Lipinski definition) is 2. The standard InChI is InChI=1S/C10H10INO/c11-6-9-7-12-10(13-9)8-4-2-1-3-5-8/h1-5,9H,6-7H2/t9-/m1/s1. The number of rotatable bonds is 2. The average Bonchev–Trinajstić information content (AvgIpc) is 2.67. The Balaban J connectivity index is 2.12. The van der Waals surface area contributed by atoms with Crippen LogP contribution >= 0.6 is 22.6 Å². The molecule has 0 N–H and O–H groups in total. The maximum Gasteiger partial charge on any atom is 0.216 e. The Morgan fingerprint density at radius 3 is 2.77 bits per heavy atom. The van der Waals surface area contributed by atoms with E-state index < -0.39 is 0 Å². The molecule has 1 aliphatic heterocycles. The summed E-state index contributed by atoms with van der Waals surface area (Å²) in [5, 5.41) is 0. The van der Waals surface area contributed by atoms with E-state index in [0.717, 1.165) is 22.4 Å². The molecule has 2 rings (SSSR count). The lowest BCUT2D eigenvalue weighted by Crippen LogP contribution is -2.14. The van der Waals surface area contributed by atoms with Gasteiger partial charge in [-0.2, -0.15) is 0 Å². The van der Waals surface area contributed by atoms with E-state index in [1.165, 1.54) is 0 Å². The summed E-state index contributed by atoms with van der Waals surface area (Å²) in [4.78, 5) is 4.35. The first-order valence-corrected chi connectivity index (χ1v) is 5.75. The SMILES string of the molecule is IC[C@@H]1CN=C(c2ccccc2)O1. The van der Waals surface area contributed by atoms with Gasteiger partial charge >= 0.3 is 0 Å². The number of hydrogen-bond donors (Lipinski definition) is 0. The van der Waals surface area contributed by atoms with Gasteiger partial charge in [0.1, 0.15) is 6.10 Å². The molecule has 1 aromatic carbocycles. The summed E-state index contributed by atoms with van der Waals surface area (Å²) in [7, 11) is 0. The summed E-state index contributed by atoms with van der Waals surface area (Å²) in [5.41, 5.74) is 1.08. The number of halogens is 1. The summed E-state index contributed by atoms with van der Waals surface area (Å²) in [6, 6.07) is 10.0. The fraction of sp³-hybridized carbons (Fsp3) is 0.300.